The number of hydrogen-bond acceptors (Lipinski definition) is 4. The van der Waals surface area contributed by atoms with E-state index in [1.807, 2.05) is 56.3 Å². The highest BCUT2D eigenvalue weighted by atomic mass is 32.2. The lowest BCUT2D eigenvalue weighted by molar-refractivity contribution is -0.122. The van der Waals surface area contributed by atoms with Crippen LogP contribution in [0.1, 0.15) is 22.3 Å². The van der Waals surface area contributed by atoms with Crippen molar-refractivity contribution in [1.82, 2.24) is 5.32 Å². The van der Waals surface area contributed by atoms with E-state index in [0.717, 1.165) is 26.5 Å². The second-order valence-electron chi connectivity index (χ2n) is 7.66. The van der Waals surface area contributed by atoms with E-state index < -0.39 is 11.8 Å². The van der Waals surface area contributed by atoms with Crippen LogP contribution in [0.3, 0.4) is 0 Å². The molecule has 6 heteroatoms. The van der Waals surface area contributed by atoms with Crippen molar-refractivity contribution < 1.29 is 9.59 Å². The van der Waals surface area contributed by atoms with Crippen LogP contribution in [0, 0.1) is 20.8 Å². The second-order valence-corrected chi connectivity index (χ2v) is 9.19. The van der Waals surface area contributed by atoms with Crippen molar-refractivity contribution in [3.05, 3.63) is 94.6 Å². The maximum Gasteiger partial charge on any atom is 0.270 e. The normalized spacial score (nSPS) is 15.3. The molecule has 3 aromatic rings. The summed E-state index contributed by atoms with van der Waals surface area (Å²) in [6, 6.07) is 21.8. The van der Waals surface area contributed by atoms with Gasteiger partial charge >= 0.3 is 0 Å². The molecule has 0 saturated carbocycles. The number of carbonyl (C=O) groups is 2. The molecule has 0 bridgehead atoms. The minimum atomic E-state index is -0.486. The minimum Gasteiger partial charge on any atom is -0.298 e. The average Bonchev–Trinajstić information content (AvgIpc) is 2.77. The summed E-state index contributed by atoms with van der Waals surface area (Å²) in [7, 11) is 0. The van der Waals surface area contributed by atoms with Gasteiger partial charge < -0.3 is 0 Å². The van der Waals surface area contributed by atoms with Crippen LogP contribution in [0.25, 0.3) is 6.08 Å². The largest absolute Gasteiger partial charge is 0.298 e. The van der Waals surface area contributed by atoms with Gasteiger partial charge in [-0.2, -0.15) is 0 Å². The van der Waals surface area contributed by atoms with Crippen molar-refractivity contribution in [2.45, 2.75) is 30.6 Å². The molecule has 1 heterocycles. The molecule has 32 heavy (non-hydrogen) atoms. The molecule has 0 unspecified atom stereocenters. The first kappa shape index (κ1) is 22.0. The molecule has 4 rings (SSSR count). The predicted molar refractivity (Wildman–Crippen MR) is 134 cm³/mol. The summed E-state index contributed by atoms with van der Waals surface area (Å²) in [6.07, 6.45) is 1.61. The molecule has 0 aromatic heterocycles. The van der Waals surface area contributed by atoms with Gasteiger partial charge in [-0.15, -0.1) is 0 Å². The van der Waals surface area contributed by atoms with E-state index in [0.29, 0.717) is 5.69 Å². The van der Waals surface area contributed by atoms with Gasteiger partial charge in [0.1, 0.15) is 5.57 Å². The quantitative estimate of drug-likeness (QED) is 0.314. The van der Waals surface area contributed by atoms with Gasteiger partial charge in [-0.25, -0.2) is 0 Å². The second kappa shape index (κ2) is 9.10. The van der Waals surface area contributed by atoms with Gasteiger partial charge in [-0.3, -0.25) is 19.8 Å². The maximum absolute atomic E-state index is 13.3. The van der Waals surface area contributed by atoms with Crippen LogP contribution < -0.4 is 10.2 Å². The van der Waals surface area contributed by atoms with Gasteiger partial charge in [0.2, 0.25) is 0 Å². The van der Waals surface area contributed by atoms with E-state index in [9.17, 15) is 9.59 Å². The average molecular weight is 459 g/mol. The zero-order valence-electron chi connectivity index (χ0n) is 18.0. The van der Waals surface area contributed by atoms with E-state index in [-0.39, 0.29) is 10.7 Å². The Labute approximate surface area is 197 Å². The summed E-state index contributed by atoms with van der Waals surface area (Å²) in [5.41, 5.74) is 4.71. The summed E-state index contributed by atoms with van der Waals surface area (Å²) in [6.45, 7) is 5.97. The topological polar surface area (TPSA) is 49.4 Å². The van der Waals surface area contributed by atoms with Crippen molar-refractivity contribution in [3.8, 4) is 0 Å². The molecule has 0 radical (unpaired) electrons. The lowest BCUT2D eigenvalue weighted by Gasteiger charge is -2.30. The number of anilines is 1. The lowest BCUT2D eigenvalue weighted by Crippen LogP contribution is -2.54. The summed E-state index contributed by atoms with van der Waals surface area (Å²) >= 11 is 6.97. The standard InChI is InChI=1S/C26H22N2O2S2/c1-16-7-11-20(12-8-16)32-21-13-9-19(10-14-21)15-22-24(29)27-26(31)28(25(22)30)23-6-4-5-17(2)18(23)3/h4-15H,1-3H3,(H,27,29,31)/b22-15+. The van der Waals surface area contributed by atoms with Gasteiger partial charge in [0, 0.05) is 9.79 Å². The number of aryl methyl sites for hydroxylation is 2. The molecule has 0 aliphatic carbocycles. The Morgan fingerprint density at radius 1 is 0.875 bits per heavy atom. The number of benzene rings is 3. The number of nitrogens with one attached hydrogen (secondary N) is 1. The molecular formula is C26H22N2O2S2. The van der Waals surface area contributed by atoms with Gasteiger partial charge in [-0.1, -0.05) is 53.7 Å². The highest BCUT2D eigenvalue weighted by Crippen LogP contribution is 2.29. The molecular weight excluding hydrogens is 436 g/mol. The van der Waals surface area contributed by atoms with Gasteiger partial charge in [0.25, 0.3) is 11.8 Å². The number of amides is 2. The fraction of sp³-hybridized carbons (Fsp3) is 0.115. The Morgan fingerprint density at radius 3 is 2.16 bits per heavy atom. The summed E-state index contributed by atoms with van der Waals surface area (Å²) in [4.78, 5) is 29.4. The third-order valence-electron chi connectivity index (χ3n) is 5.37. The van der Waals surface area contributed by atoms with Crippen LogP contribution in [0.4, 0.5) is 5.69 Å². The number of carbonyl (C=O) groups excluding carboxylic acids is 2. The molecule has 1 aliphatic heterocycles. The molecule has 0 atom stereocenters. The van der Waals surface area contributed by atoms with E-state index in [4.69, 9.17) is 12.2 Å². The molecule has 2 amide bonds. The molecule has 1 fully saturated rings. The fourth-order valence-corrected chi connectivity index (χ4v) is 4.49. The Morgan fingerprint density at radius 2 is 1.50 bits per heavy atom. The zero-order chi connectivity index (χ0) is 22.8. The van der Waals surface area contributed by atoms with Crippen molar-refractivity contribution in [1.29, 1.82) is 0 Å². The third-order valence-corrected chi connectivity index (χ3v) is 6.67. The van der Waals surface area contributed by atoms with Crippen LogP contribution in [-0.2, 0) is 9.59 Å². The summed E-state index contributed by atoms with van der Waals surface area (Å²) < 4.78 is 0. The Bertz CT molecular complexity index is 1250. The number of rotatable bonds is 4. The highest BCUT2D eigenvalue weighted by Gasteiger charge is 2.35. The van der Waals surface area contributed by atoms with Gasteiger partial charge in [-0.05, 0) is 86.1 Å². The first-order valence-electron chi connectivity index (χ1n) is 10.2. The molecule has 3 aromatic carbocycles. The number of thiocarbonyl (C=S) groups is 1. The van der Waals surface area contributed by atoms with Crippen LogP contribution >= 0.6 is 24.0 Å². The van der Waals surface area contributed by atoms with E-state index in [2.05, 4.69) is 36.5 Å². The molecule has 1 saturated heterocycles. The van der Waals surface area contributed by atoms with Crippen LogP contribution in [0.15, 0.2) is 82.1 Å². The number of hydrogen-bond donors (Lipinski definition) is 1. The maximum atomic E-state index is 13.3. The Balaban J connectivity index is 1.60. The number of nitrogens with zero attached hydrogens (tertiary/aromatic N) is 1. The van der Waals surface area contributed by atoms with Crippen molar-refractivity contribution >= 4 is 52.7 Å². The lowest BCUT2D eigenvalue weighted by atomic mass is 10.0. The molecule has 160 valence electrons. The van der Waals surface area contributed by atoms with Crippen molar-refractivity contribution in [3.63, 3.8) is 0 Å². The van der Waals surface area contributed by atoms with Gasteiger partial charge in [0.05, 0.1) is 5.69 Å². The predicted octanol–water partition coefficient (Wildman–Crippen LogP) is 5.59. The minimum absolute atomic E-state index is 0.0541. The van der Waals surface area contributed by atoms with Crippen molar-refractivity contribution in [2.24, 2.45) is 0 Å². The smallest absolute Gasteiger partial charge is 0.270 e. The molecule has 0 spiro atoms. The summed E-state index contributed by atoms with van der Waals surface area (Å²) in [5.74, 6) is -0.912. The van der Waals surface area contributed by atoms with Crippen LogP contribution in [0.2, 0.25) is 0 Å². The van der Waals surface area contributed by atoms with E-state index in [1.54, 1.807) is 17.8 Å². The highest BCUT2D eigenvalue weighted by molar-refractivity contribution is 7.99. The van der Waals surface area contributed by atoms with E-state index in [1.165, 1.54) is 10.5 Å². The zero-order valence-corrected chi connectivity index (χ0v) is 19.6. The van der Waals surface area contributed by atoms with Crippen molar-refractivity contribution in [2.75, 3.05) is 4.90 Å². The molecule has 4 nitrogen and oxygen atoms in total. The first-order chi connectivity index (χ1) is 15.3. The first-order valence-corrected chi connectivity index (χ1v) is 11.4. The molecule has 1 N–H and O–H groups in total. The summed E-state index contributed by atoms with van der Waals surface area (Å²) in [5, 5.41) is 2.74. The Kier molecular flexibility index (Phi) is 6.26. The van der Waals surface area contributed by atoms with Gasteiger partial charge in [0.15, 0.2) is 5.11 Å². The Hall–Kier alpha value is -3.22. The van der Waals surface area contributed by atoms with E-state index >= 15 is 0 Å². The fourth-order valence-electron chi connectivity index (χ4n) is 3.40. The SMILES string of the molecule is Cc1ccc(Sc2ccc(/C=C3\C(=O)NC(=S)N(c4cccc(C)c4C)C3=O)cc2)cc1. The monoisotopic (exact) mass is 458 g/mol. The van der Waals surface area contributed by atoms with Crippen LogP contribution in [-0.4, -0.2) is 16.9 Å². The van der Waals surface area contributed by atoms with Crippen LogP contribution in [0.5, 0.6) is 0 Å². The molecule has 1 aliphatic rings. The third kappa shape index (κ3) is 4.52.